The first-order valence-electron chi connectivity index (χ1n) is 11.5. The van der Waals surface area contributed by atoms with Gasteiger partial charge in [0, 0.05) is 12.6 Å². The third-order valence-electron chi connectivity index (χ3n) is 6.81. The number of fused-ring (bicyclic) bond motifs is 3. The van der Waals surface area contributed by atoms with Crippen LogP contribution in [0.25, 0.3) is 6.08 Å². The van der Waals surface area contributed by atoms with Crippen LogP contribution in [0.2, 0.25) is 0 Å². The first kappa shape index (κ1) is 20.3. The third kappa shape index (κ3) is 3.89. The van der Waals surface area contributed by atoms with Crippen LogP contribution < -0.4 is 9.47 Å². The Balaban J connectivity index is 1.40. The number of hydrogen-bond donors (Lipinski definition) is 0. The second kappa shape index (κ2) is 7.83. The van der Waals surface area contributed by atoms with Crippen molar-refractivity contribution in [3.8, 4) is 11.5 Å². The van der Waals surface area contributed by atoms with E-state index in [0.717, 1.165) is 23.4 Å². The lowest BCUT2D eigenvalue weighted by molar-refractivity contribution is 0.0394. The summed E-state index contributed by atoms with van der Waals surface area (Å²) in [5.74, 6) is 1.86. The second-order valence-electron chi connectivity index (χ2n) is 10.0. The Bertz CT molecular complexity index is 1020. The van der Waals surface area contributed by atoms with Gasteiger partial charge in [-0.3, -0.25) is 9.69 Å². The van der Waals surface area contributed by atoms with Crippen molar-refractivity contribution in [1.82, 2.24) is 4.90 Å². The van der Waals surface area contributed by atoms with Crippen molar-refractivity contribution >= 4 is 11.9 Å². The average molecular weight is 418 g/mol. The summed E-state index contributed by atoms with van der Waals surface area (Å²) < 4.78 is 12.2. The first-order valence-corrected chi connectivity index (χ1v) is 11.5. The predicted octanol–water partition coefficient (Wildman–Crippen LogP) is 6.08. The molecule has 0 saturated heterocycles. The Morgan fingerprint density at radius 1 is 1.00 bits per heavy atom. The number of hydrogen-bond acceptors (Lipinski definition) is 4. The maximum atomic E-state index is 13.0. The van der Waals surface area contributed by atoms with Crippen LogP contribution in [0.4, 0.5) is 0 Å². The van der Waals surface area contributed by atoms with Crippen molar-refractivity contribution in [1.29, 1.82) is 0 Å². The van der Waals surface area contributed by atoms with Crippen molar-refractivity contribution in [2.45, 2.75) is 70.9 Å². The molecular formula is C27H31NO3. The van der Waals surface area contributed by atoms with E-state index in [-0.39, 0.29) is 11.2 Å². The first-order chi connectivity index (χ1) is 14.9. The molecular weight excluding hydrogens is 386 g/mol. The summed E-state index contributed by atoms with van der Waals surface area (Å²) in [5.41, 5.74) is 3.99. The molecule has 4 heteroatoms. The maximum Gasteiger partial charge on any atom is 0.231 e. The molecule has 1 fully saturated rings. The van der Waals surface area contributed by atoms with Crippen LogP contribution in [0.3, 0.4) is 0 Å². The number of benzene rings is 2. The summed E-state index contributed by atoms with van der Waals surface area (Å²) in [7, 11) is 0. The zero-order valence-corrected chi connectivity index (χ0v) is 18.7. The third-order valence-corrected chi connectivity index (χ3v) is 6.81. The van der Waals surface area contributed by atoms with Gasteiger partial charge in [0.05, 0.1) is 11.1 Å². The fourth-order valence-electron chi connectivity index (χ4n) is 4.89. The molecule has 0 unspecified atom stereocenters. The number of allylic oxidation sites excluding steroid dienone is 1. The summed E-state index contributed by atoms with van der Waals surface area (Å²) >= 11 is 0. The van der Waals surface area contributed by atoms with Gasteiger partial charge in [0.1, 0.15) is 18.2 Å². The van der Waals surface area contributed by atoms with Crippen molar-refractivity contribution in [3.05, 3.63) is 64.4 Å². The van der Waals surface area contributed by atoms with Crippen LogP contribution in [0, 0.1) is 0 Å². The molecule has 0 spiro atoms. The highest BCUT2D eigenvalue weighted by atomic mass is 16.5. The van der Waals surface area contributed by atoms with Gasteiger partial charge in [-0.1, -0.05) is 64.3 Å². The summed E-state index contributed by atoms with van der Waals surface area (Å²) in [6.07, 6.45) is 8.21. The van der Waals surface area contributed by atoms with Crippen LogP contribution in [0.15, 0.2) is 42.2 Å². The molecule has 0 N–H and O–H groups in total. The maximum absolute atomic E-state index is 13.0. The van der Waals surface area contributed by atoms with E-state index in [9.17, 15) is 4.79 Å². The minimum absolute atomic E-state index is 0.0486. The zero-order chi connectivity index (χ0) is 21.6. The Morgan fingerprint density at radius 2 is 1.74 bits per heavy atom. The van der Waals surface area contributed by atoms with Gasteiger partial charge in [-0.15, -0.1) is 0 Å². The number of carbonyl (C=O) groups excluding carboxylic acids is 1. The van der Waals surface area contributed by atoms with Crippen LogP contribution >= 0.6 is 0 Å². The molecule has 0 bridgehead atoms. The lowest BCUT2D eigenvalue weighted by Gasteiger charge is -2.37. The molecule has 0 aromatic heterocycles. The van der Waals surface area contributed by atoms with Crippen molar-refractivity contribution < 1.29 is 14.3 Å². The average Bonchev–Trinajstić information content (AvgIpc) is 3.09. The second-order valence-corrected chi connectivity index (χ2v) is 10.0. The van der Waals surface area contributed by atoms with E-state index < -0.39 is 0 Å². The molecule has 2 aliphatic heterocycles. The minimum Gasteiger partial charge on any atom is -0.478 e. The van der Waals surface area contributed by atoms with E-state index >= 15 is 0 Å². The number of Topliss-reactive ketones (excluding diaryl/α,β-unsaturated/α-hetero) is 1. The molecule has 2 heterocycles. The lowest BCUT2D eigenvalue weighted by atomic mass is 9.86. The Labute approximate surface area is 184 Å². The fourth-order valence-corrected chi connectivity index (χ4v) is 4.89. The van der Waals surface area contributed by atoms with Gasteiger partial charge in [0.15, 0.2) is 5.76 Å². The zero-order valence-electron chi connectivity index (χ0n) is 18.7. The summed E-state index contributed by atoms with van der Waals surface area (Å²) in [4.78, 5) is 15.5. The van der Waals surface area contributed by atoms with Crippen molar-refractivity contribution in [3.63, 3.8) is 0 Å². The molecule has 5 rings (SSSR count). The van der Waals surface area contributed by atoms with Gasteiger partial charge in [-0.05, 0) is 47.6 Å². The number of nitrogens with zero attached hydrogens (tertiary/aromatic N) is 1. The largest absolute Gasteiger partial charge is 0.478 e. The van der Waals surface area contributed by atoms with Gasteiger partial charge in [-0.2, -0.15) is 0 Å². The minimum atomic E-state index is -0.0486. The Hall–Kier alpha value is -2.59. The molecule has 3 aliphatic rings. The molecule has 31 heavy (non-hydrogen) atoms. The van der Waals surface area contributed by atoms with Crippen LogP contribution in [0.5, 0.6) is 11.5 Å². The summed E-state index contributed by atoms with van der Waals surface area (Å²) in [6.45, 7) is 7.99. The van der Waals surface area contributed by atoms with E-state index in [4.69, 9.17) is 9.47 Å². The van der Waals surface area contributed by atoms with Gasteiger partial charge >= 0.3 is 0 Å². The SMILES string of the molecule is CC(C)(C)c1ccc(/C=C2\Oc3c(ccc4c3CN(C3CCCCC3)CO4)C2=O)cc1. The van der Waals surface area contributed by atoms with Crippen molar-refractivity contribution in [2.75, 3.05) is 6.73 Å². The highest BCUT2D eigenvalue weighted by molar-refractivity contribution is 6.15. The number of carbonyl (C=O) groups is 1. The highest BCUT2D eigenvalue weighted by Gasteiger charge is 2.35. The molecule has 162 valence electrons. The number of rotatable bonds is 2. The topological polar surface area (TPSA) is 38.8 Å². The summed E-state index contributed by atoms with van der Waals surface area (Å²) in [5, 5.41) is 0. The quantitative estimate of drug-likeness (QED) is 0.555. The molecule has 1 aliphatic carbocycles. The van der Waals surface area contributed by atoms with Gasteiger partial charge in [0.25, 0.3) is 0 Å². The summed E-state index contributed by atoms with van der Waals surface area (Å²) in [6, 6.07) is 12.7. The fraction of sp³-hybridized carbons (Fsp3) is 0.444. The molecule has 2 aromatic rings. The normalized spacial score (nSPS) is 20.9. The molecule has 0 amide bonds. The monoisotopic (exact) mass is 417 g/mol. The van der Waals surface area contributed by atoms with Gasteiger partial charge in [-0.25, -0.2) is 0 Å². The van der Waals surface area contributed by atoms with Crippen molar-refractivity contribution in [2.24, 2.45) is 0 Å². The van der Waals surface area contributed by atoms with Crippen LogP contribution in [-0.4, -0.2) is 23.5 Å². The standard InChI is InChI=1S/C27H31NO3/c1-27(2,3)19-11-9-18(10-12-19)15-24-25(29)21-13-14-23-22(26(21)31-24)16-28(17-30-23)20-7-5-4-6-8-20/h9-15,20H,4-8,16-17H2,1-3H3/b24-15-. The molecule has 0 atom stereocenters. The number of ether oxygens (including phenoxy) is 2. The van der Waals surface area contributed by atoms with Gasteiger partial charge in [0.2, 0.25) is 5.78 Å². The lowest BCUT2D eigenvalue weighted by Crippen LogP contribution is -2.41. The van der Waals surface area contributed by atoms with E-state index in [1.54, 1.807) is 0 Å². The molecule has 2 aromatic carbocycles. The molecule has 4 nitrogen and oxygen atoms in total. The van der Waals surface area contributed by atoms with Crippen LogP contribution in [-0.2, 0) is 12.0 Å². The smallest absolute Gasteiger partial charge is 0.231 e. The van der Waals surface area contributed by atoms with E-state index in [2.05, 4.69) is 49.9 Å². The predicted molar refractivity (Wildman–Crippen MR) is 122 cm³/mol. The van der Waals surface area contributed by atoms with Crippen LogP contribution in [0.1, 0.15) is 79.9 Å². The Kier molecular flexibility index (Phi) is 5.13. The Morgan fingerprint density at radius 3 is 2.45 bits per heavy atom. The van der Waals surface area contributed by atoms with E-state index in [1.807, 2.05) is 18.2 Å². The molecule has 1 saturated carbocycles. The van der Waals surface area contributed by atoms with E-state index in [0.29, 0.717) is 29.8 Å². The number of ketones is 1. The highest BCUT2D eigenvalue weighted by Crippen LogP contribution is 2.43. The van der Waals surface area contributed by atoms with E-state index in [1.165, 1.54) is 37.7 Å². The molecule has 0 radical (unpaired) electrons. The van der Waals surface area contributed by atoms with Gasteiger partial charge < -0.3 is 9.47 Å².